The molecule has 1 rings (SSSR count). The predicted molar refractivity (Wildman–Crippen MR) is 72.1 cm³/mol. The zero-order chi connectivity index (χ0) is 13.5. The number of aryl methyl sites for hydroxylation is 1. The zero-order valence-electron chi connectivity index (χ0n) is 11.2. The molecule has 0 saturated heterocycles. The quantitative estimate of drug-likeness (QED) is 0.817. The van der Waals surface area contributed by atoms with E-state index in [1.807, 2.05) is 13.0 Å². The second-order valence-electron chi connectivity index (χ2n) is 4.87. The number of anilines is 1. The van der Waals surface area contributed by atoms with Crippen molar-refractivity contribution in [2.24, 2.45) is 5.92 Å². The summed E-state index contributed by atoms with van der Waals surface area (Å²) in [6.45, 7) is 6.79. The number of amides is 1. The van der Waals surface area contributed by atoms with E-state index in [0.717, 1.165) is 12.0 Å². The standard InChI is InChI=1S/C14H21FN2O/c1-10(2)6-7-16-14(18)9-17-13-5-4-11(3)8-12(13)15/h4-5,8,10,17H,6-7,9H2,1-3H3,(H,16,18). The van der Waals surface area contributed by atoms with E-state index < -0.39 is 0 Å². The Morgan fingerprint density at radius 3 is 2.72 bits per heavy atom. The van der Waals surface area contributed by atoms with Gasteiger partial charge < -0.3 is 10.6 Å². The molecule has 4 heteroatoms. The molecule has 100 valence electrons. The average Bonchev–Trinajstić information content (AvgIpc) is 2.27. The number of benzene rings is 1. The third-order valence-corrected chi connectivity index (χ3v) is 2.61. The van der Waals surface area contributed by atoms with Gasteiger partial charge in [0.15, 0.2) is 0 Å². The molecule has 0 heterocycles. The van der Waals surface area contributed by atoms with Crippen LogP contribution in [0.15, 0.2) is 18.2 Å². The molecule has 1 aromatic carbocycles. The first-order valence-electron chi connectivity index (χ1n) is 6.25. The monoisotopic (exact) mass is 252 g/mol. The molecule has 1 amide bonds. The van der Waals surface area contributed by atoms with Gasteiger partial charge in [-0.1, -0.05) is 19.9 Å². The minimum atomic E-state index is -0.329. The lowest BCUT2D eigenvalue weighted by atomic mass is 10.1. The fourth-order valence-corrected chi connectivity index (χ4v) is 1.50. The van der Waals surface area contributed by atoms with Crippen LogP contribution in [0.2, 0.25) is 0 Å². The summed E-state index contributed by atoms with van der Waals surface area (Å²) in [7, 11) is 0. The summed E-state index contributed by atoms with van der Waals surface area (Å²) in [6.07, 6.45) is 0.949. The van der Waals surface area contributed by atoms with E-state index in [2.05, 4.69) is 24.5 Å². The van der Waals surface area contributed by atoms with Crippen LogP contribution in [0.3, 0.4) is 0 Å². The summed E-state index contributed by atoms with van der Waals surface area (Å²) in [5.74, 6) is 0.119. The van der Waals surface area contributed by atoms with Crippen molar-refractivity contribution in [3.05, 3.63) is 29.6 Å². The largest absolute Gasteiger partial charge is 0.374 e. The SMILES string of the molecule is Cc1ccc(NCC(=O)NCCC(C)C)c(F)c1. The number of nitrogens with one attached hydrogen (secondary N) is 2. The summed E-state index contributed by atoms with van der Waals surface area (Å²) < 4.78 is 13.5. The Balaban J connectivity index is 2.33. The van der Waals surface area contributed by atoms with Crippen molar-refractivity contribution in [3.8, 4) is 0 Å². The molecule has 0 unspecified atom stereocenters. The number of carbonyl (C=O) groups excluding carboxylic acids is 1. The molecule has 0 aliphatic heterocycles. The van der Waals surface area contributed by atoms with Crippen molar-refractivity contribution in [2.45, 2.75) is 27.2 Å². The minimum absolute atomic E-state index is 0.0953. The van der Waals surface area contributed by atoms with E-state index in [4.69, 9.17) is 0 Å². The average molecular weight is 252 g/mol. The zero-order valence-corrected chi connectivity index (χ0v) is 11.2. The van der Waals surface area contributed by atoms with E-state index in [9.17, 15) is 9.18 Å². The first kappa shape index (κ1) is 14.5. The Kier molecular flexibility index (Phi) is 5.62. The van der Waals surface area contributed by atoms with Gasteiger partial charge in [0.25, 0.3) is 0 Å². The maximum atomic E-state index is 13.5. The lowest BCUT2D eigenvalue weighted by Gasteiger charge is -2.09. The van der Waals surface area contributed by atoms with E-state index in [-0.39, 0.29) is 18.3 Å². The van der Waals surface area contributed by atoms with Gasteiger partial charge in [-0.15, -0.1) is 0 Å². The molecule has 0 atom stereocenters. The second kappa shape index (κ2) is 6.99. The molecule has 2 N–H and O–H groups in total. The Labute approximate surface area is 108 Å². The van der Waals surface area contributed by atoms with E-state index in [0.29, 0.717) is 18.2 Å². The maximum absolute atomic E-state index is 13.5. The summed E-state index contributed by atoms with van der Waals surface area (Å²) in [5.41, 5.74) is 1.22. The van der Waals surface area contributed by atoms with Crippen LogP contribution in [0, 0.1) is 18.7 Å². The van der Waals surface area contributed by atoms with Gasteiger partial charge in [0.2, 0.25) is 5.91 Å². The highest BCUT2D eigenvalue weighted by Gasteiger charge is 2.05. The van der Waals surface area contributed by atoms with Crippen LogP contribution >= 0.6 is 0 Å². The van der Waals surface area contributed by atoms with Crippen LogP contribution in [-0.2, 0) is 4.79 Å². The van der Waals surface area contributed by atoms with Crippen LogP contribution in [0.1, 0.15) is 25.8 Å². The van der Waals surface area contributed by atoms with Crippen molar-refractivity contribution in [2.75, 3.05) is 18.4 Å². The van der Waals surface area contributed by atoms with Crippen LogP contribution < -0.4 is 10.6 Å². The Morgan fingerprint density at radius 1 is 1.39 bits per heavy atom. The van der Waals surface area contributed by atoms with Gasteiger partial charge in [-0.05, 0) is 37.0 Å². The molecular weight excluding hydrogens is 231 g/mol. The molecule has 0 aliphatic carbocycles. The summed E-state index contributed by atoms with van der Waals surface area (Å²) in [5, 5.41) is 5.58. The Morgan fingerprint density at radius 2 is 2.11 bits per heavy atom. The molecule has 0 radical (unpaired) electrons. The molecule has 0 aromatic heterocycles. The highest BCUT2D eigenvalue weighted by molar-refractivity contribution is 5.80. The highest BCUT2D eigenvalue weighted by Crippen LogP contribution is 2.14. The summed E-state index contributed by atoms with van der Waals surface area (Å²) in [6, 6.07) is 4.90. The Bertz CT molecular complexity index is 405. The summed E-state index contributed by atoms with van der Waals surface area (Å²) in [4.78, 5) is 11.5. The smallest absolute Gasteiger partial charge is 0.239 e. The van der Waals surface area contributed by atoms with E-state index in [1.54, 1.807) is 6.07 Å². The fourth-order valence-electron chi connectivity index (χ4n) is 1.50. The fraction of sp³-hybridized carbons (Fsp3) is 0.500. The molecule has 0 saturated carbocycles. The van der Waals surface area contributed by atoms with Gasteiger partial charge in [0.05, 0.1) is 12.2 Å². The van der Waals surface area contributed by atoms with Gasteiger partial charge in [-0.3, -0.25) is 4.79 Å². The predicted octanol–water partition coefficient (Wildman–Crippen LogP) is 2.71. The van der Waals surface area contributed by atoms with Crippen LogP contribution in [0.4, 0.5) is 10.1 Å². The molecule has 0 fully saturated rings. The van der Waals surface area contributed by atoms with Gasteiger partial charge in [-0.2, -0.15) is 0 Å². The number of hydrogen-bond acceptors (Lipinski definition) is 2. The highest BCUT2D eigenvalue weighted by atomic mass is 19.1. The van der Waals surface area contributed by atoms with Crippen molar-refractivity contribution in [1.29, 1.82) is 0 Å². The van der Waals surface area contributed by atoms with Gasteiger partial charge in [-0.25, -0.2) is 4.39 Å². The Hall–Kier alpha value is -1.58. The number of hydrogen-bond donors (Lipinski definition) is 2. The first-order chi connectivity index (χ1) is 8.49. The topological polar surface area (TPSA) is 41.1 Å². The van der Waals surface area contributed by atoms with Crippen molar-refractivity contribution < 1.29 is 9.18 Å². The summed E-state index contributed by atoms with van der Waals surface area (Å²) >= 11 is 0. The normalized spacial score (nSPS) is 10.5. The van der Waals surface area contributed by atoms with Crippen molar-refractivity contribution >= 4 is 11.6 Å². The van der Waals surface area contributed by atoms with Crippen LogP contribution in [-0.4, -0.2) is 19.0 Å². The molecule has 3 nitrogen and oxygen atoms in total. The lowest BCUT2D eigenvalue weighted by molar-refractivity contribution is -0.119. The first-order valence-corrected chi connectivity index (χ1v) is 6.25. The van der Waals surface area contributed by atoms with Crippen LogP contribution in [0.25, 0.3) is 0 Å². The van der Waals surface area contributed by atoms with Crippen molar-refractivity contribution in [1.82, 2.24) is 5.32 Å². The second-order valence-corrected chi connectivity index (χ2v) is 4.87. The number of halogens is 1. The van der Waals surface area contributed by atoms with Crippen LogP contribution in [0.5, 0.6) is 0 Å². The van der Waals surface area contributed by atoms with Crippen molar-refractivity contribution in [3.63, 3.8) is 0 Å². The lowest BCUT2D eigenvalue weighted by Crippen LogP contribution is -2.31. The van der Waals surface area contributed by atoms with Gasteiger partial charge in [0, 0.05) is 6.54 Å². The molecular formula is C14H21FN2O. The third-order valence-electron chi connectivity index (χ3n) is 2.61. The van der Waals surface area contributed by atoms with Gasteiger partial charge in [0.1, 0.15) is 5.82 Å². The number of rotatable bonds is 6. The van der Waals surface area contributed by atoms with E-state index >= 15 is 0 Å². The molecule has 0 bridgehead atoms. The molecule has 1 aromatic rings. The maximum Gasteiger partial charge on any atom is 0.239 e. The number of carbonyl (C=O) groups is 1. The minimum Gasteiger partial charge on any atom is -0.374 e. The third kappa shape index (κ3) is 5.17. The van der Waals surface area contributed by atoms with Gasteiger partial charge >= 0.3 is 0 Å². The molecule has 0 spiro atoms. The molecule has 18 heavy (non-hydrogen) atoms. The van der Waals surface area contributed by atoms with E-state index in [1.165, 1.54) is 6.07 Å². The molecule has 0 aliphatic rings.